The van der Waals surface area contributed by atoms with Crippen LogP contribution in [-0.4, -0.2) is 23.2 Å². The summed E-state index contributed by atoms with van der Waals surface area (Å²) in [6.07, 6.45) is -0.770. The van der Waals surface area contributed by atoms with Crippen LogP contribution in [0, 0.1) is 5.82 Å². The maximum absolute atomic E-state index is 13.8. The molecule has 2 aromatic rings. The number of hydrogen-bond donors (Lipinski definition) is 2. The van der Waals surface area contributed by atoms with Crippen LogP contribution in [0.4, 0.5) is 9.18 Å². The number of benzene rings is 2. The SMILES string of the molecule is CC(CC(NC(=O)OCc1ccccc1)C(=O)O)c1ccccc1F. The van der Waals surface area contributed by atoms with Crippen LogP contribution in [0.25, 0.3) is 0 Å². The molecule has 0 aromatic heterocycles. The van der Waals surface area contributed by atoms with Crippen molar-refractivity contribution >= 4 is 12.1 Å². The third-order valence-electron chi connectivity index (χ3n) is 3.83. The van der Waals surface area contributed by atoms with Gasteiger partial charge >= 0.3 is 12.1 Å². The van der Waals surface area contributed by atoms with Crippen molar-refractivity contribution in [3.05, 3.63) is 71.5 Å². The molecule has 0 aliphatic rings. The Kier molecular flexibility index (Phi) is 6.51. The average molecular weight is 345 g/mol. The fourth-order valence-electron chi connectivity index (χ4n) is 2.48. The highest BCUT2D eigenvalue weighted by molar-refractivity contribution is 5.79. The molecular weight excluding hydrogens is 325 g/mol. The van der Waals surface area contributed by atoms with Gasteiger partial charge in [0.1, 0.15) is 18.5 Å². The fourth-order valence-corrected chi connectivity index (χ4v) is 2.48. The third kappa shape index (κ3) is 5.60. The summed E-state index contributed by atoms with van der Waals surface area (Å²) >= 11 is 0. The summed E-state index contributed by atoms with van der Waals surface area (Å²) < 4.78 is 18.8. The average Bonchev–Trinajstić information content (AvgIpc) is 2.60. The van der Waals surface area contributed by atoms with Gasteiger partial charge in [0.15, 0.2) is 0 Å². The predicted molar refractivity (Wildman–Crippen MR) is 90.6 cm³/mol. The lowest BCUT2D eigenvalue weighted by Crippen LogP contribution is -2.41. The molecule has 0 spiro atoms. The summed E-state index contributed by atoms with van der Waals surface area (Å²) in [6.45, 7) is 1.76. The first kappa shape index (κ1) is 18.4. The second kappa shape index (κ2) is 8.82. The van der Waals surface area contributed by atoms with Crippen LogP contribution < -0.4 is 5.32 Å². The van der Waals surface area contributed by atoms with Crippen LogP contribution in [0.3, 0.4) is 0 Å². The summed E-state index contributed by atoms with van der Waals surface area (Å²) in [4.78, 5) is 23.2. The highest BCUT2D eigenvalue weighted by Gasteiger charge is 2.25. The first-order valence-corrected chi connectivity index (χ1v) is 7.92. The molecule has 2 aromatic carbocycles. The Bertz CT molecular complexity index is 720. The summed E-state index contributed by atoms with van der Waals surface area (Å²) in [7, 11) is 0. The molecule has 0 fully saturated rings. The minimum absolute atomic E-state index is 0.0435. The number of hydrogen-bond acceptors (Lipinski definition) is 3. The van der Waals surface area contributed by atoms with Crippen molar-refractivity contribution in [2.75, 3.05) is 0 Å². The lowest BCUT2D eigenvalue weighted by molar-refractivity contribution is -0.139. The van der Waals surface area contributed by atoms with Gasteiger partial charge in [-0.25, -0.2) is 14.0 Å². The van der Waals surface area contributed by atoms with Gasteiger partial charge in [-0.05, 0) is 29.5 Å². The third-order valence-corrected chi connectivity index (χ3v) is 3.83. The molecule has 0 heterocycles. The number of carbonyl (C=O) groups is 2. The molecule has 0 saturated heterocycles. The van der Waals surface area contributed by atoms with Crippen LogP contribution in [0.15, 0.2) is 54.6 Å². The minimum atomic E-state index is -1.19. The largest absolute Gasteiger partial charge is 0.480 e. The first-order chi connectivity index (χ1) is 12.0. The molecule has 2 N–H and O–H groups in total. The second-order valence-corrected chi connectivity index (χ2v) is 5.76. The molecule has 132 valence electrons. The van der Waals surface area contributed by atoms with E-state index in [1.165, 1.54) is 6.07 Å². The van der Waals surface area contributed by atoms with Gasteiger partial charge in [-0.2, -0.15) is 0 Å². The van der Waals surface area contributed by atoms with Crippen molar-refractivity contribution in [2.24, 2.45) is 0 Å². The number of carbonyl (C=O) groups excluding carboxylic acids is 1. The van der Waals surface area contributed by atoms with Crippen molar-refractivity contribution in [1.82, 2.24) is 5.32 Å². The standard InChI is InChI=1S/C19H20FNO4/c1-13(15-9-5-6-10-16(15)20)11-17(18(22)23)21-19(24)25-12-14-7-3-2-4-8-14/h2-10,13,17H,11-12H2,1H3,(H,21,24)(H,22,23). The molecule has 2 rings (SSSR count). The molecule has 0 bridgehead atoms. The molecule has 0 radical (unpaired) electrons. The molecule has 0 aliphatic carbocycles. The molecule has 0 aliphatic heterocycles. The van der Waals surface area contributed by atoms with Crippen LogP contribution >= 0.6 is 0 Å². The molecule has 5 nitrogen and oxygen atoms in total. The van der Waals surface area contributed by atoms with Gasteiger partial charge in [-0.3, -0.25) is 0 Å². The molecule has 0 saturated carbocycles. The van der Waals surface area contributed by atoms with E-state index in [-0.39, 0.29) is 18.9 Å². The van der Waals surface area contributed by atoms with E-state index < -0.39 is 23.9 Å². The van der Waals surface area contributed by atoms with Crippen LogP contribution in [0.2, 0.25) is 0 Å². The highest BCUT2D eigenvalue weighted by atomic mass is 19.1. The van der Waals surface area contributed by atoms with E-state index in [2.05, 4.69) is 5.32 Å². The van der Waals surface area contributed by atoms with E-state index in [0.29, 0.717) is 5.56 Å². The topological polar surface area (TPSA) is 75.6 Å². The van der Waals surface area contributed by atoms with E-state index in [4.69, 9.17) is 4.74 Å². The molecule has 1 amide bonds. The van der Waals surface area contributed by atoms with Crippen molar-refractivity contribution in [3.8, 4) is 0 Å². The normalized spacial score (nSPS) is 12.9. The van der Waals surface area contributed by atoms with E-state index in [1.54, 1.807) is 37.3 Å². The lowest BCUT2D eigenvalue weighted by atomic mass is 9.93. The van der Waals surface area contributed by atoms with Gasteiger partial charge < -0.3 is 15.2 Å². The zero-order valence-electron chi connectivity index (χ0n) is 13.8. The lowest BCUT2D eigenvalue weighted by Gasteiger charge is -2.19. The van der Waals surface area contributed by atoms with Crippen molar-refractivity contribution in [2.45, 2.75) is 31.9 Å². The van der Waals surface area contributed by atoms with Gasteiger partial charge in [-0.15, -0.1) is 0 Å². The zero-order valence-corrected chi connectivity index (χ0v) is 13.8. The number of carboxylic acids is 1. The molecular formula is C19H20FNO4. The molecule has 6 heteroatoms. The maximum atomic E-state index is 13.8. The number of carboxylic acid groups (broad SMARTS) is 1. The predicted octanol–water partition coefficient (Wildman–Crippen LogP) is 3.70. The van der Waals surface area contributed by atoms with E-state index in [0.717, 1.165) is 5.56 Å². The number of ether oxygens (including phenoxy) is 1. The molecule has 2 unspecified atom stereocenters. The number of rotatable bonds is 7. The van der Waals surface area contributed by atoms with Crippen molar-refractivity contribution in [3.63, 3.8) is 0 Å². The Morgan fingerprint density at radius 2 is 1.76 bits per heavy atom. The number of alkyl carbamates (subject to hydrolysis) is 1. The Labute approximate surface area is 145 Å². The van der Waals surface area contributed by atoms with Gasteiger partial charge in [0, 0.05) is 0 Å². The number of aliphatic carboxylic acids is 1. The van der Waals surface area contributed by atoms with Gasteiger partial charge in [0.05, 0.1) is 0 Å². The van der Waals surface area contributed by atoms with Crippen LogP contribution in [0.5, 0.6) is 0 Å². The quantitative estimate of drug-likeness (QED) is 0.802. The number of halogens is 1. The second-order valence-electron chi connectivity index (χ2n) is 5.76. The smallest absolute Gasteiger partial charge is 0.408 e. The Balaban J connectivity index is 1.93. The fraction of sp³-hybridized carbons (Fsp3) is 0.263. The summed E-state index contributed by atoms with van der Waals surface area (Å²) in [5.41, 5.74) is 1.21. The van der Waals surface area contributed by atoms with Gasteiger partial charge in [0.25, 0.3) is 0 Å². The van der Waals surface area contributed by atoms with Crippen LogP contribution in [0.1, 0.15) is 30.4 Å². The zero-order chi connectivity index (χ0) is 18.2. The number of nitrogens with one attached hydrogen (secondary N) is 1. The minimum Gasteiger partial charge on any atom is -0.480 e. The van der Waals surface area contributed by atoms with Crippen molar-refractivity contribution in [1.29, 1.82) is 0 Å². The van der Waals surface area contributed by atoms with E-state index in [9.17, 15) is 19.1 Å². The Hall–Kier alpha value is -2.89. The summed E-state index contributed by atoms with van der Waals surface area (Å²) in [5, 5.41) is 11.6. The van der Waals surface area contributed by atoms with E-state index >= 15 is 0 Å². The monoisotopic (exact) mass is 345 g/mol. The van der Waals surface area contributed by atoms with Gasteiger partial charge in [-0.1, -0.05) is 55.5 Å². The van der Waals surface area contributed by atoms with Gasteiger partial charge in [0.2, 0.25) is 0 Å². The maximum Gasteiger partial charge on any atom is 0.408 e. The Morgan fingerprint density at radius 3 is 2.40 bits per heavy atom. The Morgan fingerprint density at radius 1 is 1.12 bits per heavy atom. The number of amides is 1. The first-order valence-electron chi connectivity index (χ1n) is 7.92. The summed E-state index contributed by atoms with van der Waals surface area (Å²) in [6, 6.07) is 14.1. The molecule has 2 atom stereocenters. The molecule has 25 heavy (non-hydrogen) atoms. The van der Waals surface area contributed by atoms with E-state index in [1.807, 2.05) is 18.2 Å². The summed E-state index contributed by atoms with van der Waals surface area (Å²) in [5.74, 6) is -1.97. The van der Waals surface area contributed by atoms with Crippen LogP contribution in [-0.2, 0) is 16.1 Å². The van der Waals surface area contributed by atoms with Crippen molar-refractivity contribution < 1.29 is 23.8 Å². The highest BCUT2D eigenvalue weighted by Crippen LogP contribution is 2.23.